The van der Waals surface area contributed by atoms with Crippen LogP contribution in [0.5, 0.6) is 0 Å². The Morgan fingerprint density at radius 3 is 2.60 bits per heavy atom. The first-order valence-electron chi connectivity index (χ1n) is 6.44. The predicted octanol–water partition coefficient (Wildman–Crippen LogP) is 1.99. The summed E-state index contributed by atoms with van der Waals surface area (Å²) in [7, 11) is 1.66. The maximum Gasteiger partial charge on any atom is 0.335 e. The first-order chi connectivity index (χ1) is 9.49. The zero-order chi connectivity index (χ0) is 14.7. The molecule has 1 aromatic rings. The standard InChI is InChI=1S/C14H18N2O4/c1-8-5-9(3-4-12(8)13(17)18)15-14(19)16-10-6-11(7-10)20-2/h3-5,10-11H,6-7H2,1-2H3,(H,17,18)(H2,15,16,19). The van der Waals surface area contributed by atoms with Crippen LogP contribution in [0.4, 0.5) is 10.5 Å². The third-order valence-corrected chi connectivity index (χ3v) is 3.48. The molecule has 6 nitrogen and oxygen atoms in total. The van der Waals surface area contributed by atoms with Crippen LogP contribution in [0, 0.1) is 6.92 Å². The Morgan fingerprint density at radius 2 is 2.05 bits per heavy atom. The van der Waals surface area contributed by atoms with Crippen molar-refractivity contribution in [2.24, 2.45) is 0 Å². The number of methoxy groups -OCH3 is 1. The summed E-state index contributed by atoms with van der Waals surface area (Å²) < 4.78 is 5.14. The highest BCUT2D eigenvalue weighted by molar-refractivity contribution is 5.92. The van der Waals surface area contributed by atoms with E-state index in [1.54, 1.807) is 26.2 Å². The third kappa shape index (κ3) is 3.27. The SMILES string of the molecule is COC1CC(NC(=O)Nc2ccc(C(=O)O)c(C)c2)C1. The topological polar surface area (TPSA) is 87.7 Å². The lowest BCUT2D eigenvalue weighted by Gasteiger charge is -2.34. The average Bonchev–Trinajstić information content (AvgIpc) is 2.32. The predicted molar refractivity (Wildman–Crippen MR) is 74.1 cm³/mol. The number of nitrogens with one attached hydrogen (secondary N) is 2. The number of benzene rings is 1. The molecule has 2 rings (SSSR count). The molecule has 0 saturated heterocycles. The summed E-state index contributed by atoms with van der Waals surface area (Å²) >= 11 is 0. The van der Waals surface area contributed by atoms with Crippen LogP contribution in [0.3, 0.4) is 0 Å². The zero-order valence-electron chi connectivity index (χ0n) is 11.5. The summed E-state index contributed by atoms with van der Waals surface area (Å²) in [5.74, 6) is -0.974. The molecular weight excluding hydrogens is 260 g/mol. The van der Waals surface area contributed by atoms with E-state index in [9.17, 15) is 9.59 Å². The Kier molecular flexibility index (Phi) is 4.24. The molecule has 0 spiro atoms. The molecule has 1 aromatic carbocycles. The van der Waals surface area contributed by atoms with Gasteiger partial charge < -0.3 is 20.5 Å². The molecule has 1 aliphatic rings. The fourth-order valence-corrected chi connectivity index (χ4v) is 2.21. The molecule has 1 saturated carbocycles. The number of aryl methyl sites for hydroxylation is 1. The molecule has 3 N–H and O–H groups in total. The number of urea groups is 1. The molecule has 108 valence electrons. The minimum absolute atomic E-state index is 0.138. The third-order valence-electron chi connectivity index (χ3n) is 3.48. The van der Waals surface area contributed by atoms with Crippen molar-refractivity contribution < 1.29 is 19.4 Å². The second-order valence-corrected chi connectivity index (χ2v) is 4.96. The van der Waals surface area contributed by atoms with Gasteiger partial charge in [-0.25, -0.2) is 9.59 Å². The minimum Gasteiger partial charge on any atom is -0.478 e. The van der Waals surface area contributed by atoms with Gasteiger partial charge in [-0.3, -0.25) is 0 Å². The molecule has 0 heterocycles. The Labute approximate surface area is 117 Å². The summed E-state index contributed by atoms with van der Waals surface area (Å²) in [6, 6.07) is 4.56. The number of carbonyl (C=O) groups excluding carboxylic acids is 1. The van der Waals surface area contributed by atoms with Gasteiger partial charge in [0.25, 0.3) is 0 Å². The molecule has 0 unspecified atom stereocenters. The Morgan fingerprint density at radius 1 is 1.35 bits per heavy atom. The van der Waals surface area contributed by atoms with E-state index >= 15 is 0 Å². The number of ether oxygens (including phenoxy) is 1. The number of carboxylic acids is 1. The van der Waals surface area contributed by atoms with Gasteiger partial charge in [-0.05, 0) is 43.5 Å². The molecular formula is C14H18N2O4. The van der Waals surface area contributed by atoms with E-state index in [4.69, 9.17) is 9.84 Å². The fraction of sp³-hybridized carbons (Fsp3) is 0.429. The number of hydrogen-bond donors (Lipinski definition) is 3. The van der Waals surface area contributed by atoms with Crippen LogP contribution < -0.4 is 10.6 Å². The lowest BCUT2D eigenvalue weighted by atomic mass is 9.89. The lowest BCUT2D eigenvalue weighted by molar-refractivity contribution is 0.0210. The smallest absolute Gasteiger partial charge is 0.335 e. The van der Waals surface area contributed by atoms with E-state index in [-0.39, 0.29) is 23.7 Å². The highest BCUT2D eigenvalue weighted by Gasteiger charge is 2.30. The molecule has 0 atom stereocenters. The van der Waals surface area contributed by atoms with Crippen LogP contribution in [0.15, 0.2) is 18.2 Å². The van der Waals surface area contributed by atoms with Crippen molar-refractivity contribution in [1.82, 2.24) is 5.32 Å². The molecule has 1 aliphatic carbocycles. The van der Waals surface area contributed by atoms with Gasteiger partial charge in [-0.15, -0.1) is 0 Å². The Hall–Kier alpha value is -2.08. The van der Waals surface area contributed by atoms with E-state index in [0.29, 0.717) is 11.3 Å². The van der Waals surface area contributed by atoms with Gasteiger partial charge in [-0.1, -0.05) is 0 Å². The van der Waals surface area contributed by atoms with Crippen LogP contribution in [0.2, 0.25) is 0 Å². The van der Waals surface area contributed by atoms with E-state index < -0.39 is 5.97 Å². The van der Waals surface area contributed by atoms with Crippen molar-refractivity contribution in [3.05, 3.63) is 29.3 Å². The second kappa shape index (κ2) is 5.92. The van der Waals surface area contributed by atoms with Gasteiger partial charge in [0.2, 0.25) is 0 Å². The molecule has 0 aromatic heterocycles. The largest absolute Gasteiger partial charge is 0.478 e. The van der Waals surface area contributed by atoms with Crippen molar-refractivity contribution in [3.63, 3.8) is 0 Å². The molecule has 1 fully saturated rings. The molecule has 0 radical (unpaired) electrons. The zero-order valence-corrected chi connectivity index (χ0v) is 11.5. The van der Waals surface area contributed by atoms with Crippen molar-refractivity contribution in [2.45, 2.75) is 31.9 Å². The molecule has 0 bridgehead atoms. The maximum absolute atomic E-state index is 11.8. The van der Waals surface area contributed by atoms with Crippen LogP contribution in [0.1, 0.15) is 28.8 Å². The van der Waals surface area contributed by atoms with Crippen LogP contribution in [0.25, 0.3) is 0 Å². The highest BCUT2D eigenvalue weighted by Crippen LogP contribution is 2.22. The summed E-state index contributed by atoms with van der Waals surface area (Å²) in [5.41, 5.74) is 1.42. The van der Waals surface area contributed by atoms with E-state index in [1.807, 2.05) is 0 Å². The van der Waals surface area contributed by atoms with Crippen LogP contribution in [-0.2, 0) is 4.74 Å². The number of anilines is 1. The molecule has 2 amide bonds. The van der Waals surface area contributed by atoms with Gasteiger partial charge in [0.05, 0.1) is 11.7 Å². The number of carbonyl (C=O) groups is 2. The average molecular weight is 278 g/mol. The Balaban J connectivity index is 1.88. The maximum atomic E-state index is 11.8. The van der Waals surface area contributed by atoms with Crippen molar-refractivity contribution >= 4 is 17.7 Å². The second-order valence-electron chi connectivity index (χ2n) is 4.96. The number of amides is 2. The number of carboxylic acid groups (broad SMARTS) is 1. The lowest BCUT2D eigenvalue weighted by Crippen LogP contribution is -2.48. The molecule has 6 heteroatoms. The van der Waals surface area contributed by atoms with Crippen LogP contribution in [-0.4, -0.2) is 36.4 Å². The van der Waals surface area contributed by atoms with Crippen molar-refractivity contribution in [2.75, 3.05) is 12.4 Å². The molecule has 0 aliphatic heterocycles. The van der Waals surface area contributed by atoms with Crippen molar-refractivity contribution in [1.29, 1.82) is 0 Å². The van der Waals surface area contributed by atoms with Gasteiger partial charge in [-0.2, -0.15) is 0 Å². The summed E-state index contributed by atoms with van der Waals surface area (Å²) in [5, 5.41) is 14.5. The fourth-order valence-electron chi connectivity index (χ4n) is 2.21. The van der Waals surface area contributed by atoms with E-state index in [2.05, 4.69) is 10.6 Å². The number of rotatable bonds is 4. The summed E-state index contributed by atoms with van der Waals surface area (Å²) in [6.07, 6.45) is 1.87. The van der Waals surface area contributed by atoms with Crippen molar-refractivity contribution in [3.8, 4) is 0 Å². The van der Waals surface area contributed by atoms with Gasteiger partial charge in [0.15, 0.2) is 0 Å². The number of aromatic carboxylic acids is 1. The summed E-state index contributed by atoms with van der Waals surface area (Å²) in [6.45, 7) is 1.70. The van der Waals surface area contributed by atoms with E-state index in [1.165, 1.54) is 6.07 Å². The van der Waals surface area contributed by atoms with Gasteiger partial charge >= 0.3 is 12.0 Å². The Bertz CT molecular complexity index is 524. The quantitative estimate of drug-likeness (QED) is 0.786. The first kappa shape index (κ1) is 14.3. The van der Waals surface area contributed by atoms with Gasteiger partial charge in [0.1, 0.15) is 0 Å². The summed E-state index contributed by atoms with van der Waals surface area (Å²) in [4.78, 5) is 22.7. The number of hydrogen-bond acceptors (Lipinski definition) is 3. The molecule has 20 heavy (non-hydrogen) atoms. The monoisotopic (exact) mass is 278 g/mol. The van der Waals surface area contributed by atoms with E-state index in [0.717, 1.165) is 12.8 Å². The highest BCUT2D eigenvalue weighted by atomic mass is 16.5. The minimum atomic E-state index is -0.974. The first-order valence-corrected chi connectivity index (χ1v) is 6.44. The van der Waals surface area contributed by atoms with Gasteiger partial charge in [0, 0.05) is 18.8 Å². The van der Waals surface area contributed by atoms with Crippen LogP contribution >= 0.6 is 0 Å². The normalized spacial score (nSPS) is 20.9.